The van der Waals surface area contributed by atoms with Crippen LogP contribution >= 0.6 is 11.8 Å². The zero-order valence-electron chi connectivity index (χ0n) is 11.1. The van der Waals surface area contributed by atoms with Crippen molar-refractivity contribution in [2.75, 3.05) is 5.32 Å². The molecule has 1 unspecified atom stereocenters. The summed E-state index contributed by atoms with van der Waals surface area (Å²) in [5.74, 6) is 0.0257. The third kappa shape index (κ3) is 4.14. The van der Waals surface area contributed by atoms with E-state index in [1.165, 1.54) is 5.56 Å². The van der Waals surface area contributed by atoms with Crippen molar-refractivity contribution in [1.82, 2.24) is 0 Å². The van der Waals surface area contributed by atoms with Crippen LogP contribution in [-0.2, 0) is 4.79 Å². The molecule has 1 atom stereocenters. The van der Waals surface area contributed by atoms with E-state index in [-0.39, 0.29) is 11.2 Å². The fraction of sp³-hybridized carbons (Fsp3) is 0.188. The van der Waals surface area contributed by atoms with Crippen LogP contribution in [0.15, 0.2) is 59.5 Å². The Kier molecular flexibility index (Phi) is 4.63. The van der Waals surface area contributed by atoms with Crippen molar-refractivity contribution in [2.24, 2.45) is 0 Å². The summed E-state index contributed by atoms with van der Waals surface area (Å²) in [6.07, 6.45) is 0. The number of nitrogens with one attached hydrogen (secondary N) is 1. The Morgan fingerprint density at radius 3 is 2.32 bits per heavy atom. The lowest BCUT2D eigenvalue weighted by Crippen LogP contribution is -2.22. The number of anilines is 1. The molecule has 0 saturated heterocycles. The molecular formula is C16H17NOS. The van der Waals surface area contributed by atoms with Gasteiger partial charge in [-0.3, -0.25) is 4.79 Å². The minimum atomic E-state index is -0.122. The lowest BCUT2D eigenvalue weighted by molar-refractivity contribution is -0.115. The van der Waals surface area contributed by atoms with Gasteiger partial charge in [-0.05, 0) is 38.1 Å². The number of amides is 1. The van der Waals surface area contributed by atoms with Crippen molar-refractivity contribution >= 4 is 23.4 Å². The lowest BCUT2D eigenvalue weighted by atomic mass is 10.2. The minimum absolute atomic E-state index is 0.0257. The van der Waals surface area contributed by atoms with Crippen LogP contribution in [-0.4, -0.2) is 11.2 Å². The summed E-state index contributed by atoms with van der Waals surface area (Å²) < 4.78 is 0. The van der Waals surface area contributed by atoms with Crippen LogP contribution in [0.3, 0.4) is 0 Å². The number of rotatable bonds is 4. The average Bonchev–Trinajstić information content (AvgIpc) is 2.42. The molecule has 0 radical (unpaired) electrons. The maximum absolute atomic E-state index is 12.1. The summed E-state index contributed by atoms with van der Waals surface area (Å²) in [6.45, 7) is 3.95. The average molecular weight is 271 g/mol. The van der Waals surface area contributed by atoms with Gasteiger partial charge in [-0.15, -0.1) is 11.8 Å². The van der Waals surface area contributed by atoms with Crippen LogP contribution in [0, 0.1) is 6.92 Å². The molecule has 0 bridgehead atoms. The largest absolute Gasteiger partial charge is 0.325 e. The molecule has 0 fully saturated rings. The molecule has 19 heavy (non-hydrogen) atoms. The van der Waals surface area contributed by atoms with E-state index in [4.69, 9.17) is 0 Å². The van der Waals surface area contributed by atoms with Crippen LogP contribution in [0.2, 0.25) is 0 Å². The zero-order valence-corrected chi connectivity index (χ0v) is 11.9. The van der Waals surface area contributed by atoms with E-state index in [9.17, 15) is 4.79 Å². The Morgan fingerprint density at radius 1 is 1.05 bits per heavy atom. The molecule has 98 valence electrons. The summed E-state index contributed by atoms with van der Waals surface area (Å²) in [6, 6.07) is 17.8. The van der Waals surface area contributed by atoms with Crippen LogP contribution < -0.4 is 5.32 Å². The Balaban J connectivity index is 1.94. The van der Waals surface area contributed by atoms with Gasteiger partial charge in [-0.25, -0.2) is 0 Å². The number of carbonyl (C=O) groups excluding carboxylic acids is 1. The van der Waals surface area contributed by atoms with Gasteiger partial charge < -0.3 is 5.32 Å². The number of thioether (sulfide) groups is 1. The summed E-state index contributed by atoms with van der Waals surface area (Å²) in [5.41, 5.74) is 2.03. The van der Waals surface area contributed by atoms with Gasteiger partial charge in [-0.1, -0.05) is 35.9 Å². The standard InChI is InChI=1S/C16H17NOS/c1-12-8-10-14(11-9-12)17-16(18)13(2)19-15-6-4-3-5-7-15/h3-11,13H,1-2H3,(H,17,18). The fourth-order valence-corrected chi connectivity index (χ4v) is 2.53. The topological polar surface area (TPSA) is 29.1 Å². The van der Waals surface area contributed by atoms with Gasteiger partial charge in [0.25, 0.3) is 0 Å². The van der Waals surface area contributed by atoms with Gasteiger partial charge in [0.15, 0.2) is 0 Å². The van der Waals surface area contributed by atoms with Crippen molar-refractivity contribution in [3.05, 3.63) is 60.2 Å². The molecule has 0 aliphatic carbocycles. The van der Waals surface area contributed by atoms with Crippen molar-refractivity contribution in [2.45, 2.75) is 24.0 Å². The predicted octanol–water partition coefficient (Wildman–Crippen LogP) is 4.11. The van der Waals surface area contributed by atoms with E-state index < -0.39 is 0 Å². The molecule has 2 nitrogen and oxygen atoms in total. The highest BCUT2D eigenvalue weighted by atomic mass is 32.2. The number of hydrogen-bond donors (Lipinski definition) is 1. The van der Waals surface area contributed by atoms with Gasteiger partial charge in [0.1, 0.15) is 0 Å². The molecule has 0 aliphatic heterocycles. The van der Waals surface area contributed by atoms with Crippen molar-refractivity contribution in [3.8, 4) is 0 Å². The maximum atomic E-state index is 12.1. The number of carbonyl (C=O) groups is 1. The van der Waals surface area contributed by atoms with E-state index in [0.29, 0.717) is 0 Å². The Labute approximate surface area is 118 Å². The third-order valence-corrected chi connectivity index (χ3v) is 3.86. The molecule has 0 aliphatic rings. The van der Waals surface area contributed by atoms with E-state index in [1.54, 1.807) is 11.8 Å². The van der Waals surface area contributed by atoms with Crippen molar-refractivity contribution < 1.29 is 4.79 Å². The van der Waals surface area contributed by atoms with Gasteiger partial charge in [0, 0.05) is 10.6 Å². The molecule has 0 heterocycles. The van der Waals surface area contributed by atoms with Gasteiger partial charge in [0.2, 0.25) is 5.91 Å². The highest BCUT2D eigenvalue weighted by molar-refractivity contribution is 8.00. The van der Waals surface area contributed by atoms with Gasteiger partial charge in [0.05, 0.1) is 5.25 Å². The SMILES string of the molecule is Cc1ccc(NC(=O)C(C)Sc2ccccc2)cc1. The maximum Gasteiger partial charge on any atom is 0.237 e. The van der Waals surface area contributed by atoms with Crippen LogP contribution in [0.4, 0.5) is 5.69 Å². The minimum Gasteiger partial charge on any atom is -0.325 e. The summed E-state index contributed by atoms with van der Waals surface area (Å²) in [4.78, 5) is 13.2. The molecule has 2 rings (SSSR count). The third-order valence-electron chi connectivity index (χ3n) is 2.74. The first kappa shape index (κ1) is 13.7. The molecule has 0 spiro atoms. The normalized spacial score (nSPS) is 11.9. The number of benzene rings is 2. The molecule has 3 heteroatoms. The molecule has 0 aromatic heterocycles. The molecular weight excluding hydrogens is 254 g/mol. The second kappa shape index (κ2) is 6.43. The zero-order chi connectivity index (χ0) is 13.7. The first-order valence-corrected chi connectivity index (χ1v) is 7.12. The van der Waals surface area contributed by atoms with E-state index >= 15 is 0 Å². The second-order valence-electron chi connectivity index (χ2n) is 4.43. The first-order valence-electron chi connectivity index (χ1n) is 6.24. The summed E-state index contributed by atoms with van der Waals surface area (Å²) >= 11 is 1.56. The summed E-state index contributed by atoms with van der Waals surface area (Å²) in [7, 11) is 0. The molecule has 1 amide bonds. The van der Waals surface area contributed by atoms with E-state index in [2.05, 4.69) is 5.32 Å². The molecule has 0 saturated carbocycles. The van der Waals surface area contributed by atoms with Crippen LogP contribution in [0.5, 0.6) is 0 Å². The molecule has 2 aromatic carbocycles. The Bertz CT molecular complexity index is 536. The first-order chi connectivity index (χ1) is 9.15. The van der Waals surface area contributed by atoms with Gasteiger partial charge in [-0.2, -0.15) is 0 Å². The van der Waals surface area contributed by atoms with Crippen LogP contribution in [0.25, 0.3) is 0 Å². The quantitative estimate of drug-likeness (QED) is 0.848. The Hall–Kier alpha value is -1.74. The highest BCUT2D eigenvalue weighted by Crippen LogP contribution is 2.23. The number of aryl methyl sites for hydroxylation is 1. The van der Waals surface area contributed by atoms with Crippen molar-refractivity contribution in [1.29, 1.82) is 0 Å². The lowest BCUT2D eigenvalue weighted by Gasteiger charge is -2.12. The highest BCUT2D eigenvalue weighted by Gasteiger charge is 2.14. The van der Waals surface area contributed by atoms with E-state index in [1.807, 2.05) is 68.4 Å². The monoisotopic (exact) mass is 271 g/mol. The second-order valence-corrected chi connectivity index (χ2v) is 5.84. The predicted molar refractivity (Wildman–Crippen MR) is 81.6 cm³/mol. The molecule has 2 aromatic rings. The summed E-state index contributed by atoms with van der Waals surface area (Å²) in [5, 5.41) is 2.81. The van der Waals surface area contributed by atoms with Gasteiger partial charge >= 0.3 is 0 Å². The number of hydrogen-bond acceptors (Lipinski definition) is 2. The van der Waals surface area contributed by atoms with Crippen molar-refractivity contribution in [3.63, 3.8) is 0 Å². The fourth-order valence-electron chi connectivity index (χ4n) is 1.64. The smallest absolute Gasteiger partial charge is 0.237 e. The molecule has 1 N–H and O–H groups in total. The Morgan fingerprint density at radius 2 is 1.68 bits per heavy atom. The van der Waals surface area contributed by atoms with Crippen LogP contribution in [0.1, 0.15) is 12.5 Å². The van der Waals surface area contributed by atoms with E-state index in [0.717, 1.165) is 10.6 Å².